The number of Topliss-reactive ketones (excluding diaryl/α,β-unsaturated/α-hetero) is 1. The van der Waals surface area contributed by atoms with E-state index in [1.807, 2.05) is 72.8 Å². The van der Waals surface area contributed by atoms with E-state index in [1.165, 1.54) is 16.7 Å². The Hall–Kier alpha value is -5.86. The van der Waals surface area contributed by atoms with Crippen LogP contribution in [-0.4, -0.2) is 34.5 Å². The normalized spacial score (nSPS) is 26.4. The smallest absolute Gasteiger partial charge is 0.246 e. The Morgan fingerprint density at radius 3 is 2.23 bits per heavy atom. The van der Waals surface area contributed by atoms with Crippen molar-refractivity contribution in [1.29, 1.82) is 0 Å². The summed E-state index contributed by atoms with van der Waals surface area (Å²) >= 11 is 6.42. The molecular weight excluding hydrogens is 688 g/mol. The Bertz CT molecular complexity index is 2440. The summed E-state index contributed by atoms with van der Waals surface area (Å²) in [5.41, 5.74) is 1.50. The number of fused-ring (bicyclic) bond motifs is 5. The lowest BCUT2D eigenvalue weighted by Crippen LogP contribution is -2.53. The summed E-state index contributed by atoms with van der Waals surface area (Å²) in [5, 5.41) is 13.9. The van der Waals surface area contributed by atoms with Crippen molar-refractivity contribution in [3.05, 3.63) is 149 Å². The number of halogens is 1. The van der Waals surface area contributed by atoms with E-state index in [2.05, 4.69) is 0 Å². The van der Waals surface area contributed by atoms with E-state index in [9.17, 15) is 24.3 Å². The third-order valence-electron chi connectivity index (χ3n) is 11.9. The highest BCUT2D eigenvalue weighted by Crippen LogP contribution is 2.65. The summed E-state index contributed by atoms with van der Waals surface area (Å²) < 4.78 is 0. The maximum absolute atomic E-state index is 15.5. The first-order chi connectivity index (χ1) is 25.6. The molecule has 0 bridgehead atoms. The van der Waals surface area contributed by atoms with Crippen LogP contribution in [0.5, 0.6) is 5.75 Å². The van der Waals surface area contributed by atoms with Crippen molar-refractivity contribution in [3.8, 4) is 5.75 Å². The number of amides is 4. The number of anilines is 2. The lowest BCUT2D eigenvalue weighted by molar-refractivity contribution is -0.127. The van der Waals surface area contributed by atoms with Crippen LogP contribution in [-0.2, 0) is 24.6 Å². The quantitative estimate of drug-likeness (QED) is 0.113. The number of hydrogen-bond acceptors (Lipinski definition) is 6. The summed E-state index contributed by atoms with van der Waals surface area (Å²) in [6.45, 7) is 1.45. The van der Waals surface area contributed by atoms with Gasteiger partial charge in [-0.3, -0.25) is 28.9 Å². The minimum atomic E-state index is -1.51. The van der Waals surface area contributed by atoms with E-state index in [-0.39, 0.29) is 36.2 Å². The topological polar surface area (TPSA) is 112 Å². The van der Waals surface area contributed by atoms with Crippen molar-refractivity contribution in [1.82, 2.24) is 0 Å². The number of aromatic hydroxyl groups is 1. The third-order valence-corrected chi connectivity index (χ3v) is 12.2. The van der Waals surface area contributed by atoms with Crippen molar-refractivity contribution < 1.29 is 29.1 Å². The van der Waals surface area contributed by atoms with Crippen LogP contribution in [0.4, 0.5) is 11.4 Å². The van der Waals surface area contributed by atoms with Crippen molar-refractivity contribution in [2.45, 2.75) is 31.1 Å². The Morgan fingerprint density at radius 2 is 1.49 bits per heavy atom. The second-order valence-electron chi connectivity index (χ2n) is 14.4. The van der Waals surface area contributed by atoms with Gasteiger partial charge in [0.05, 0.1) is 34.5 Å². The number of imide groups is 2. The lowest BCUT2D eigenvalue weighted by Gasteiger charge is -2.50. The predicted octanol–water partition coefficient (Wildman–Crippen LogP) is 7.77. The molecule has 2 saturated heterocycles. The van der Waals surface area contributed by atoms with E-state index in [0.717, 1.165) is 11.0 Å². The summed E-state index contributed by atoms with van der Waals surface area (Å²) in [7, 11) is 0. The van der Waals surface area contributed by atoms with Gasteiger partial charge in [0.25, 0.3) is 0 Å². The van der Waals surface area contributed by atoms with Gasteiger partial charge in [0.1, 0.15) is 5.75 Å². The molecular formula is C44H33ClN2O6. The highest BCUT2D eigenvalue weighted by atomic mass is 35.5. The van der Waals surface area contributed by atoms with E-state index in [4.69, 9.17) is 11.6 Å². The zero-order valence-corrected chi connectivity index (χ0v) is 29.4. The van der Waals surface area contributed by atoms with Crippen molar-refractivity contribution in [2.75, 3.05) is 9.80 Å². The van der Waals surface area contributed by atoms with Gasteiger partial charge in [-0.1, -0.05) is 96.0 Å². The number of nitrogens with zero attached hydrogens (tertiary/aromatic N) is 2. The Morgan fingerprint density at radius 1 is 0.755 bits per heavy atom. The molecule has 8 nitrogen and oxygen atoms in total. The number of hydrogen-bond donors (Lipinski definition) is 1. The largest absolute Gasteiger partial charge is 0.507 e. The zero-order chi connectivity index (χ0) is 36.8. The summed E-state index contributed by atoms with van der Waals surface area (Å²) in [6, 6.07) is 33.4. The van der Waals surface area contributed by atoms with Crippen LogP contribution < -0.4 is 9.80 Å². The van der Waals surface area contributed by atoms with E-state index in [0.29, 0.717) is 38.5 Å². The van der Waals surface area contributed by atoms with Crippen molar-refractivity contribution in [2.24, 2.45) is 23.7 Å². The molecule has 9 heteroatoms. The maximum Gasteiger partial charge on any atom is 0.246 e. The first kappa shape index (κ1) is 33.0. The number of phenolic OH excluding ortho intramolecular Hbond substituents is 1. The molecule has 0 unspecified atom stereocenters. The van der Waals surface area contributed by atoms with E-state index >= 15 is 4.79 Å². The van der Waals surface area contributed by atoms with Crippen LogP contribution in [0.25, 0.3) is 10.8 Å². The molecule has 0 spiro atoms. The Balaban J connectivity index is 1.27. The number of carbonyl (C=O) groups excluding carboxylic acids is 5. The van der Waals surface area contributed by atoms with Gasteiger partial charge in [0.2, 0.25) is 23.6 Å². The molecule has 9 rings (SSSR count). The average Bonchev–Trinajstić information content (AvgIpc) is 3.56. The highest BCUT2D eigenvalue weighted by molar-refractivity contribution is 6.32. The molecule has 2 heterocycles. The monoisotopic (exact) mass is 720 g/mol. The molecule has 262 valence electrons. The summed E-state index contributed by atoms with van der Waals surface area (Å²) in [4.78, 5) is 73.6. The minimum absolute atomic E-state index is 0.00621. The fraction of sp³-hybridized carbons (Fsp3) is 0.205. The van der Waals surface area contributed by atoms with Gasteiger partial charge in [-0.2, -0.15) is 0 Å². The molecule has 3 fully saturated rings. The number of rotatable bonds is 5. The van der Waals surface area contributed by atoms with Crippen LogP contribution >= 0.6 is 11.6 Å². The maximum atomic E-state index is 15.5. The van der Waals surface area contributed by atoms with Crippen molar-refractivity contribution in [3.63, 3.8) is 0 Å². The van der Waals surface area contributed by atoms with Crippen LogP contribution in [0.2, 0.25) is 5.02 Å². The van der Waals surface area contributed by atoms with Crippen LogP contribution in [0.1, 0.15) is 47.2 Å². The standard InChI is InChI=1S/C44H33ClN2O6/c1-24(48)25-14-17-29(18-15-25)46-40(50)33-21-20-32-35(37(33)42(46)52)23-36-41(51)47(30-12-7-11-28(45)22-30)43(53)44(36,27-9-3-2-4-10-27)38(32)34-19-16-26-8-5-6-13-31(26)39(34)49/h2-20,22,33,35-38,49H,21,23H2,1H3/t33-,35+,36-,37-,38+,44+/m0/s1. The molecule has 0 aromatic heterocycles. The molecule has 4 amide bonds. The first-order valence-electron chi connectivity index (χ1n) is 17.7. The third kappa shape index (κ3) is 4.64. The van der Waals surface area contributed by atoms with Gasteiger partial charge in [-0.25, -0.2) is 4.90 Å². The number of phenols is 1. The van der Waals surface area contributed by atoms with E-state index < -0.39 is 46.8 Å². The molecule has 2 aliphatic heterocycles. The number of carbonyl (C=O) groups is 5. The lowest BCUT2D eigenvalue weighted by atomic mass is 9.49. The van der Waals surface area contributed by atoms with Gasteiger partial charge < -0.3 is 5.11 Å². The predicted molar refractivity (Wildman–Crippen MR) is 201 cm³/mol. The Kier molecular flexibility index (Phi) is 7.54. The SMILES string of the molecule is CC(=O)c1ccc(N2C(=O)[C@H]3[C@H](CC=C4[C@H]3C[C@H]3C(=O)N(c5cccc(Cl)c5)C(=O)[C@@]3(c3ccccc3)[C@H]4c3ccc4ccccc4c3O)C2=O)cc1. The number of benzene rings is 5. The van der Waals surface area contributed by atoms with Gasteiger partial charge in [-0.15, -0.1) is 0 Å². The molecule has 2 aliphatic carbocycles. The highest BCUT2D eigenvalue weighted by Gasteiger charge is 2.70. The van der Waals surface area contributed by atoms with E-state index in [1.54, 1.807) is 48.5 Å². The fourth-order valence-electron chi connectivity index (χ4n) is 9.69. The molecule has 1 N–H and O–H groups in total. The number of allylic oxidation sites excluding steroid dienone is 2. The van der Waals surface area contributed by atoms with Gasteiger partial charge in [0, 0.05) is 27.5 Å². The van der Waals surface area contributed by atoms with Crippen LogP contribution in [0.15, 0.2) is 127 Å². The van der Waals surface area contributed by atoms with Crippen LogP contribution in [0.3, 0.4) is 0 Å². The van der Waals surface area contributed by atoms with Gasteiger partial charge in [0.15, 0.2) is 5.78 Å². The molecule has 4 aliphatic rings. The minimum Gasteiger partial charge on any atom is -0.507 e. The van der Waals surface area contributed by atoms with Gasteiger partial charge >= 0.3 is 0 Å². The number of ketones is 1. The summed E-state index contributed by atoms with van der Waals surface area (Å²) in [6.07, 6.45) is 2.34. The molecule has 6 atom stereocenters. The second-order valence-corrected chi connectivity index (χ2v) is 14.9. The molecule has 0 radical (unpaired) electrons. The van der Waals surface area contributed by atoms with Crippen LogP contribution in [0, 0.1) is 23.7 Å². The molecule has 5 aromatic rings. The second kappa shape index (κ2) is 12.1. The molecule has 5 aromatic carbocycles. The molecule has 53 heavy (non-hydrogen) atoms. The summed E-state index contributed by atoms with van der Waals surface area (Å²) in [5.74, 6) is -5.66. The molecule has 1 saturated carbocycles. The van der Waals surface area contributed by atoms with Gasteiger partial charge in [-0.05, 0) is 79.1 Å². The first-order valence-corrected chi connectivity index (χ1v) is 18.1. The average molecular weight is 721 g/mol. The fourth-order valence-corrected chi connectivity index (χ4v) is 9.88. The van der Waals surface area contributed by atoms with Crippen molar-refractivity contribution >= 4 is 63.2 Å². The zero-order valence-electron chi connectivity index (χ0n) is 28.6. The Labute approximate surface area is 310 Å².